The highest BCUT2D eigenvalue weighted by molar-refractivity contribution is 7.99. The minimum absolute atomic E-state index is 0.185. The Morgan fingerprint density at radius 3 is 3.00 bits per heavy atom. The van der Waals surface area contributed by atoms with Crippen LogP contribution in [0.5, 0.6) is 0 Å². The minimum Gasteiger partial charge on any atom is -0.368 e. The first-order valence-electron chi connectivity index (χ1n) is 5.39. The minimum atomic E-state index is -0.417. The Labute approximate surface area is 102 Å². The second-order valence-corrected chi connectivity index (χ2v) is 4.95. The summed E-state index contributed by atoms with van der Waals surface area (Å²) in [5.74, 6) is 0.0545. The van der Waals surface area contributed by atoms with Gasteiger partial charge in [-0.15, -0.1) is 5.10 Å². The maximum Gasteiger partial charge on any atom is 0.344 e. The van der Waals surface area contributed by atoms with Crippen molar-refractivity contribution in [3.05, 3.63) is 10.5 Å². The van der Waals surface area contributed by atoms with E-state index in [1.54, 1.807) is 11.6 Å². The zero-order chi connectivity index (χ0) is 12.4. The van der Waals surface area contributed by atoms with E-state index < -0.39 is 11.9 Å². The highest BCUT2D eigenvalue weighted by Crippen LogP contribution is 2.36. The predicted molar refractivity (Wildman–Crippen MR) is 63.9 cm³/mol. The van der Waals surface area contributed by atoms with E-state index in [-0.39, 0.29) is 11.7 Å². The number of aromatic nitrogens is 3. The second-order valence-electron chi connectivity index (χ2n) is 3.97. The van der Waals surface area contributed by atoms with Crippen LogP contribution in [0.4, 0.5) is 0 Å². The number of hydrogen-bond acceptors (Lipinski definition) is 5. The van der Waals surface area contributed by atoms with Gasteiger partial charge in [-0.05, 0) is 19.9 Å². The summed E-state index contributed by atoms with van der Waals surface area (Å²) >= 11 is 1.35. The topological polar surface area (TPSA) is 106 Å². The molecule has 0 spiro atoms. The van der Waals surface area contributed by atoms with Crippen LogP contribution in [0.2, 0.25) is 0 Å². The molecule has 0 radical (unpaired) electrons. The molecule has 1 heterocycles. The van der Waals surface area contributed by atoms with E-state index in [0.717, 1.165) is 12.8 Å². The van der Waals surface area contributed by atoms with Crippen molar-refractivity contribution in [3.8, 4) is 0 Å². The highest BCUT2D eigenvalue weighted by Gasteiger charge is 2.29. The summed E-state index contributed by atoms with van der Waals surface area (Å²) in [6.07, 6.45) is 2.02. The van der Waals surface area contributed by atoms with E-state index in [4.69, 9.17) is 5.73 Å². The normalized spacial score (nSPS) is 17.0. The van der Waals surface area contributed by atoms with Crippen molar-refractivity contribution >= 4 is 17.7 Å². The van der Waals surface area contributed by atoms with Gasteiger partial charge in [0.2, 0.25) is 5.91 Å². The van der Waals surface area contributed by atoms with Gasteiger partial charge in [-0.2, -0.15) is 0 Å². The Morgan fingerprint density at radius 2 is 2.47 bits per heavy atom. The number of nitrogens with zero attached hydrogens (tertiary/aromatic N) is 2. The number of carbonyl (C=O) groups excluding carboxylic acids is 1. The van der Waals surface area contributed by atoms with Crippen LogP contribution in [0.1, 0.15) is 18.9 Å². The van der Waals surface area contributed by atoms with Crippen LogP contribution < -0.4 is 16.7 Å². The van der Waals surface area contributed by atoms with Crippen LogP contribution in [0, 0.1) is 0 Å². The SMILES string of the molecule is CNC(CSc1n[nH]c(=O)n1C1CC1)C(N)=O. The van der Waals surface area contributed by atoms with Crippen molar-refractivity contribution in [1.29, 1.82) is 0 Å². The molecule has 1 amide bonds. The largest absolute Gasteiger partial charge is 0.368 e. The first kappa shape index (κ1) is 12.2. The summed E-state index contributed by atoms with van der Waals surface area (Å²) in [6, 6.07) is -0.148. The number of nitrogens with two attached hydrogens (primary N) is 1. The number of aromatic amines is 1. The monoisotopic (exact) mass is 257 g/mol. The molecule has 17 heavy (non-hydrogen) atoms. The van der Waals surface area contributed by atoms with Gasteiger partial charge in [-0.3, -0.25) is 9.36 Å². The van der Waals surface area contributed by atoms with Crippen LogP contribution >= 0.6 is 11.8 Å². The van der Waals surface area contributed by atoms with E-state index in [1.807, 2.05) is 0 Å². The third-order valence-electron chi connectivity index (χ3n) is 2.66. The molecule has 8 heteroatoms. The van der Waals surface area contributed by atoms with Crippen molar-refractivity contribution in [2.45, 2.75) is 30.1 Å². The van der Waals surface area contributed by atoms with Gasteiger partial charge >= 0.3 is 5.69 Å². The molecule has 0 bridgehead atoms. The van der Waals surface area contributed by atoms with Gasteiger partial charge in [0, 0.05) is 11.8 Å². The summed E-state index contributed by atoms with van der Waals surface area (Å²) in [4.78, 5) is 22.5. The Hall–Kier alpha value is -1.28. The van der Waals surface area contributed by atoms with Crippen molar-refractivity contribution in [3.63, 3.8) is 0 Å². The number of likely N-dealkylation sites (N-methyl/N-ethyl adjacent to an activating group) is 1. The number of carbonyl (C=O) groups is 1. The number of rotatable bonds is 6. The molecule has 1 fully saturated rings. The van der Waals surface area contributed by atoms with Gasteiger partial charge in [0.05, 0.1) is 6.04 Å². The summed E-state index contributed by atoms with van der Waals surface area (Å²) in [6.45, 7) is 0. The third kappa shape index (κ3) is 2.70. The molecule has 1 aromatic heterocycles. The van der Waals surface area contributed by atoms with Crippen LogP contribution in [-0.4, -0.2) is 39.5 Å². The van der Waals surface area contributed by atoms with Crippen LogP contribution in [0.25, 0.3) is 0 Å². The molecule has 1 unspecified atom stereocenters. The molecular weight excluding hydrogens is 242 g/mol. The smallest absolute Gasteiger partial charge is 0.344 e. The maximum absolute atomic E-state index is 11.5. The summed E-state index contributed by atoms with van der Waals surface area (Å²) in [5, 5.41) is 9.83. The van der Waals surface area contributed by atoms with Gasteiger partial charge in [0.25, 0.3) is 0 Å². The fourth-order valence-corrected chi connectivity index (χ4v) is 2.64. The lowest BCUT2D eigenvalue weighted by Crippen LogP contribution is -2.41. The lowest BCUT2D eigenvalue weighted by molar-refractivity contribution is -0.119. The molecule has 0 aliphatic heterocycles. The van der Waals surface area contributed by atoms with Gasteiger partial charge < -0.3 is 11.1 Å². The van der Waals surface area contributed by atoms with E-state index in [0.29, 0.717) is 10.9 Å². The van der Waals surface area contributed by atoms with Crippen LogP contribution in [0.15, 0.2) is 9.95 Å². The standard InChI is InChI=1S/C9H15N5O2S/c1-11-6(7(10)15)4-17-9-13-12-8(16)14(9)5-2-3-5/h5-6,11H,2-4H2,1H3,(H2,10,15)(H,12,16). The number of H-pyrrole nitrogens is 1. The fourth-order valence-electron chi connectivity index (χ4n) is 1.51. The molecule has 0 saturated heterocycles. The Balaban J connectivity index is 2.03. The molecule has 1 aromatic rings. The highest BCUT2D eigenvalue weighted by atomic mass is 32.2. The van der Waals surface area contributed by atoms with Crippen molar-refractivity contribution in [1.82, 2.24) is 20.1 Å². The van der Waals surface area contributed by atoms with E-state index in [2.05, 4.69) is 15.5 Å². The average molecular weight is 257 g/mol. The Kier molecular flexibility index (Phi) is 3.53. The molecule has 2 rings (SSSR count). The number of primary amides is 1. The van der Waals surface area contributed by atoms with E-state index in [9.17, 15) is 9.59 Å². The summed E-state index contributed by atoms with van der Waals surface area (Å²) in [7, 11) is 1.68. The summed E-state index contributed by atoms with van der Waals surface area (Å²) in [5.41, 5.74) is 5.03. The summed E-state index contributed by atoms with van der Waals surface area (Å²) < 4.78 is 1.65. The second kappa shape index (κ2) is 4.92. The molecule has 1 aliphatic rings. The van der Waals surface area contributed by atoms with E-state index >= 15 is 0 Å². The molecule has 94 valence electrons. The lowest BCUT2D eigenvalue weighted by Gasteiger charge is -2.11. The van der Waals surface area contributed by atoms with Crippen LogP contribution in [-0.2, 0) is 4.79 Å². The molecule has 1 aliphatic carbocycles. The van der Waals surface area contributed by atoms with E-state index in [1.165, 1.54) is 11.8 Å². The lowest BCUT2D eigenvalue weighted by atomic mass is 10.3. The van der Waals surface area contributed by atoms with Gasteiger partial charge in [-0.1, -0.05) is 11.8 Å². The van der Waals surface area contributed by atoms with Gasteiger partial charge in [0.1, 0.15) is 0 Å². The molecule has 0 aromatic carbocycles. The van der Waals surface area contributed by atoms with Gasteiger partial charge in [0.15, 0.2) is 5.16 Å². The van der Waals surface area contributed by atoms with Crippen molar-refractivity contribution < 1.29 is 4.79 Å². The zero-order valence-electron chi connectivity index (χ0n) is 9.47. The predicted octanol–water partition coefficient (Wildman–Crippen LogP) is -0.928. The fraction of sp³-hybridized carbons (Fsp3) is 0.667. The first-order chi connectivity index (χ1) is 8.13. The Bertz CT molecular complexity index is 464. The molecule has 1 atom stereocenters. The zero-order valence-corrected chi connectivity index (χ0v) is 10.3. The molecule has 4 N–H and O–H groups in total. The number of hydrogen-bond donors (Lipinski definition) is 3. The average Bonchev–Trinajstić information content (AvgIpc) is 3.04. The molecular formula is C9H15N5O2S. The quantitative estimate of drug-likeness (QED) is 0.571. The third-order valence-corrected chi connectivity index (χ3v) is 3.70. The molecule has 7 nitrogen and oxygen atoms in total. The van der Waals surface area contributed by atoms with Crippen LogP contribution in [0.3, 0.4) is 0 Å². The number of thioether (sulfide) groups is 1. The van der Waals surface area contributed by atoms with Crippen molar-refractivity contribution in [2.24, 2.45) is 5.73 Å². The number of amides is 1. The molecule has 1 saturated carbocycles. The first-order valence-corrected chi connectivity index (χ1v) is 6.38. The van der Waals surface area contributed by atoms with Gasteiger partial charge in [-0.25, -0.2) is 9.89 Å². The van der Waals surface area contributed by atoms with Crippen molar-refractivity contribution in [2.75, 3.05) is 12.8 Å². The Morgan fingerprint density at radius 1 is 1.76 bits per heavy atom. The number of nitrogens with one attached hydrogen (secondary N) is 2. The maximum atomic E-state index is 11.5.